The van der Waals surface area contributed by atoms with E-state index >= 15 is 0 Å². The van der Waals surface area contributed by atoms with Crippen LogP contribution < -0.4 is 10.6 Å². The van der Waals surface area contributed by atoms with Gasteiger partial charge in [-0.1, -0.05) is 28.1 Å². The van der Waals surface area contributed by atoms with Crippen molar-refractivity contribution in [1.82, 2.24) is 15.5 Å². The van der Waals surface area contributed by atoms with Crippen LogP contribution in [0.15, 0.2) is 33.7 Å². The summed E-state index contributed by atoms with van der Waals surface area (Å²) in [5, 5.41) is 6.28. The van der Waals surface area contributed by atoms with Crippen LogP contribution in [0.25, 0.3) is 0 Å². The Balaban J connectivity index is 2.72. The Labute approximate surface area is 152 Å². The second kappa shape index (κ2) is 9.64. The molecular formula is C17H27BrN4O2. The average molecular weight is 399 g/mol. The fourth-order valence-electron chi connectivity index (χ4n) is 1.62. The molecule has 0 heterocycles. The standard InChI is InChI=1S/C17H27BrN4O2/c1-17(2,24-5)12-21-16(20-11-15(23)22(3)4)19-10-13-6-8-14(18)9-7-13/h6-9H,10-12H2,1-5H3,(H2,19,20,21). The Hall–Kier alpha value is -1.60. The topological polar surface area (TPSA) is 66.0 Å². The van der Waals surface area contributed by atoms with Gasteiger partial charge in [0.2, 0.25) is 5.91 Å². The third-order valence-electron chi connectivity index (χ3n) is 3.47. The Morgan fingerprint density at radius 3 is 2.42 bits per heavy atom. The zero-order valence-corrected chi connectivity index (χ0v) is 16.6. The SMILES string of the molecule is COC(C)(C)CNC(=NCc1ccc(Br)cc1)NCC(=O)N(C)C. The van der Waals surface area contributed by atoms with Crippen molar-refractivity contribution in [2.45, 2.75) is 26.0 Å². The summed E-state index contributed by atoms with van der Waals surface area (Å²) >= 11 is 3.42. The van der Waals surface area contributed by atoms with E-state index in [-0.39, 0.29) is 18.1 Å². The Bertz CT molecular complexity index is 556. The zero-order valence-electron chi connectivity index (χ0n) is 15.0. The van der Waals surface area contributed by atoms with Gasteiger partial charge < -0.3 is 20.3 Å². The van der Waals surface area contributed by atoms with Crippen LogP contribution in [0.1, 0.15) is 19.4 Å². The molecule has 1 aromatic rings. The molecule has 0 fully saturated rings. The van der Waals surface area contributed by atoms with Crippen molar-refractivity contribution in [3.05, 3.63) is 34.3 Å². The van der Waals surface area contributed by atoms with Crippen molar-refractivity contribution in [1.29, 1.82) is 0 Å². The van der Waals surface area contributed by atoms with Crippen LogP contribution in [-0.4, -0.2) is 56.7 Å². The minimum Gasteiger partial charge on any atom is -0.377 e. The predicted octanol–water partition coefficient (Wildman–Crippen LogP) is 2.00. The Morgan fingerprint density at radius 1 is 1.25 bits per heavy atom. The largest absolute Gasteiger partial charge is 0.377 e. The molecule has 0 unspecified atom stereocenters. The van der Waals surface area contributed by atoms with Crippen LogP contribution >= 0.6 is 15.9 Å². The molecule has 0 saturated heterocycles. The van der Waals surface area contributed by atoms with Crippen LogP contribution in [0.3, 0.4) is 0 Å². The lowest BCUT2D eigenvalue weighted by molar-refractivity contribution is -0.127. The molecule has 6 nitrogen and oxygen atoms in total. The molecule has 0 radical (unpaired) electrons. The maximum absolute atomic E-state index is 11.8. The third-order valence-corrected chi connectivity index (χ3v) is 4.00. The number of nitrogens with zero attached hydrogens (tertiary/aromatic N) is 2. The van der Waals surface area contributed by atoms with Gasteiger partial charge in [-0.2, -0.15) is 0 Å². The number of methoxy groups -OCH3 is 1. The van der Waals surface area contributed by atoms with E-state index < -0.39 is 0 Å². The number of hydrogen-bond donors (Lipinski definition) is 2. The van der Waals surface area contributed by atoms with Gasteiger partial charge >= 0.3 is 0 Å². The molecule has 1 rings (SSSR count). The van der Waals surface area contributed by atoms with E-state index in [0.29, 0.717) is 19.0 Å². The van der Waals surface area contributed by atoms with Gasteiger partial charge in [-0.15, -0.1) is 0 Å². The monoisotopic (exact) mass is 398 g/mol. The van der Waals surface area contributed by atoms with Crippen molar-refractivity contribution >= 4 is 27.8 Å². The molecule has 24 heavy (non-hydrogen) atoms. The van der Waals surface area contributed by atoms with Gasteiger partial charge in [0.25, 0.3) is 0 Å². The van der Waals surface area contributed by atoms with Crippen LogP contribution in [0, 0.1) is 0 Å². The molecule has 134 valence electrons. The summed E-state index contributed by atoms with van der Waals surface area (Å²) in [5.41, 5.74) is 0.759. The van der Waals surface area contributed by atoms with Crippen molar-refractivity contribution in [3.63, 3.8) is 0 Å². The fraction of sp³-hybridized carbons (Fsp3) is 0.529. The van der Waals surface area contributed by atoms with Crippen LogP contribution in [0.4, 0.5) is 0 Å². The summed E-state index contributed by atoms with van der Waals surface area (Å²) in [4.78, 5) is 17.9. The van der Waals surface area contributed by atoms with Crippen molar-refractivity contribution in [2.24, 2.45) is 4.99 Å². The van der Waals surface area contributed by atoms with Gasteiger partial charge in [0, 0.05) is 32.2 Å². The number of hydrogen-bond acceptors (Lipinski definition) is 3. The highest BCUT2D eigenvalue weighted by molar-refractivity contribution is 9.10. The van der Waals surface area contributed by atoms with Gasteiger partial charge in [-0.05, 0) is 31.5 Å². The number of amides is 1. The van der Waals surface area contributed by atoms with Gasteiger partial charge in [-0.25, -0.2) is 4.99 Å². The number of halogens is 1. The minimum absolute atomic E-state index is 0.0147. The lowest BCUT2D eigenvalue weighted by Gasteiger charge is -2.24. The van der Waals surface area contributed by atoms with Gasteiger partial charge in [0.1, 0.15) is 0 Å². The normalized spacial score (nSPS) is 12.0. The molecule has 0 aliphatic carbocycles. The van der Waals surface area contributed by atoms with E-state index in [2.05, 4.69) is 31.6 Å². The van der Waals surface area contributed by atoms with Gasteiger partial charge in [-0.3, -0.25) is 4.79 Å². The molecule has 0 aliphatic rings. The van der Waals surface area contributed by atoms with Crippen LogP contribution in [0.5, 0.6) is 0 Å². The van der Waals surface area contributed by atoms with E-state index in [0.717, 1.165) is 10.0 Å². The number of rotatable bonds is 7. The summed E-state index contributed by atoms with van der Waals surface area (Å²) in [6.07, 6.45) is 0. The number of guanidine groups is 1. The highest BCUT2D eigenvalue weighted by Gasteiger charge is 2.17. The first-order valence-corrected chi connectivity index (χ1v) is 8.55. The molecule has 0 spiro atoms. The lowest BCUT2D eigenvalue weighted by Crippen LogP contribution is -2.47. The van der Waals surface area contributed by atoms with E-state index in [1.54, 1.807) is 26.1 Å². The number of likely N-dealkylation sites (N-methyl/N-ethyl adjacent to an activating group) is 1. The molecular weight excluding hydrogens is 372 g/mol. The number of nitrogens with one attached hydrogen (secondary N) is 2. The van der Waals surface area contributed by atoms with E-state index in [4.69, 9.17) is 4.74 Å². The average Bonchev–Trinajstić information content (AvgIpc) is 2.55. The highest BCUT2D eigenvalue weighted by Crippen LogP contribution is 2.11. The molecule has 1 aromatic carbocycles. The number of ether oxygens (including phenoxy) is 1. The molecule has 2 N–H and O–H groups in total. The van der Waals surface area contributed by atoms with Crippen molar-refractivity contribution in [2.75, 3.05) is 34.3 Å². The first kappa shape index (κ1) is 20.4. The van der Waals surface area contributed by atoms with E-state index in [1.807, 2.05) is 38.1 Å². The van der Waals surface area contributed by atoms with Crippen molar-refractivity contribution < 1.29 is 9.53 Å². The second-order valence-electron chi connectivity index (χ2n) is 6.25. The molecule has 7 heteroatoms. The van der Waals surface area contributed by atoms with Crippen molar-refractivity contribution in [3.8, 4) is 0 Å². The highest BCUT2D eigenvalue weighted by atomic mass is 79.9. The molecule has 0 bridgehead atoms. The fourth-order valence-corrected chi connectivity index (χ4v) is 1.88. The first-order chi connectivity index (χ1) is 11.2. The second-order valence-corrected chi connectivity index (χ2v) is 7.17. The maximum Gasteiger partial charge on any atom is 0.241 e. The Morgan fingerprint density at radius 2 is 1.88 bits per heavy atom. The Kier molecular flexibility index (Phi) is 8.21. The summed E-state index contributed by atoms with van der Waals surface area (Å²) in [5.74, 6) is 0.567. The molecule has 0 aromatic heterocycles. The molecule has 0 aliphatic heterocycles. The van der Waals surface area contributed by atoms with E-state index in [9.17, 15) is 4.79 Å². The minimum atomic E-state index is -0.328. The quantitative estimate of drug-likeness (QED) is 0.544. The number of carbonyl (C=O) groups is 1. The summed E-state index contributed by atoms with van der Waals surface area (Å²) in [7, 11) is 5.12. The van der Waals surface area contributed by atoms with Gasteiger partial charge in [0.05, 0.1) is 18.7 Å². The summed E-state index contributed by atoms with van der Waals surface area (Å²) in [6.45, 7) is 5.25. The molecule has 0 atom stereocenters. The number of benzene rings is 1. The van der Waals surface area contributed by atoms with Gasteiger partial charge in [0.15, 0.2) is 5.96 Å². The predicted molar refractivity (Wildman–Crippen MR) is 101 cm³/mol. The number of carbonyl (C=O) groups excluding carboxylic acids is 1. The van der Waals surface area contributed by atoms with Crippen LogP contribution in [-0.2, 0) is 16.1 Å². The number of aliphatic imine (C=N–C) groups is 1. The first-order valence-electron chi connectivity index (χ1n) is 7.75. The smallest absolute Gasteiger partial charge is 0.241 e. The van der Waals surface area contributed by atoms with E-state index in [1.165, 1.54) is 0 Å². The third kappa shape index (κ3) is 7.79. The summed E-state index contributed by atoms with van der Waals surface area (Å²) < 4.78 is 6.43. The summed E-state index contributed by atoms with van der Waals surface area (Å²) in [6, 6.07) is 7.98. The van der Waals surface area contributed by atoms with Crippen LogP contribution in [0.2, 0.25) is 0 Å². The lowest BCUT2D eigenvalue weighted by atomic mass is 10.1. The zero-order chi connectivity index (χ0) is 18.2. The molecule has 1 amide bonds. The molecule has 0 saturated carbocycles. The maximum atomic E-state index is 11.8.